The fourth-order valence-corrected chi connectivity index (χ4v) is 5.52. The van der Waals surface area contributed by atoms with E-state index in [1.165, 1.54) is 173 Å². The van der Waals surface area contributed by atoms with Gasteiger partial charge in [-0.15, -0.1) is 0 Å². The van der Waals surface area contributed by atoms with E-state index >= 15 is 0 Å². The number of carboxylic acids is 1. The van der Waals surface area contributed by atoms with Crippen molar-refractivity contribution in [1.82, 2.24) is 0 Å². The lowest BCUT2D eigenvalue weighted by atomic mass is 9.97. The van der Waals surface area contributed by atoms with Crippen LogP contribution < -0.4 is 5.73 Å². The van der Waals surface area contributed by atoms with Gasteiger partial charge in [-0.25, -0.2) is 0 Å². The van der Waals surface area contributed by atoms with Crippen LogP contribution in [0.5, 0.6) is 0 Å². The predicted octanol–water partition coefficient (Wildman–Crippen LogP) is 12.3. The van der Waals surface area contributed by atoms with Crippen LogP contribution in [-0.2, 0) is 9.59 Å². The van der Waals surface area contributed by atoms with Crippen molar-refractivity contribution in [3.63, 3.8) is 0 Å². The lowest BCUT2D eigenvalue weighted by Crippen LogP contribution is -2.09. The SMILES string of the molecule is CCCCCCCCCCCCCCC(C)CCC(=O)O.CCCCCCCCCCCCCCCCCC(N)=O. The summed E-state index contributed by atoms with van der Waals surface area (Å²) in [6.45, 7) is 6.73. The average molecular weight is 582 g/mol. The molecule has 246 valence electrons. The van der Waals surface area contributed by atoms with Crippen molar-refractivity contribution in [3.8, 4) is 0 Å². The van der Waals surface area contributed by atoms with Crippen LogP contribution in [0.25, 0.3) is 0 Å². The second-order valence-corrected chi connectivity index (χ2v) is 12.9. The van der Waals surface area contributed by atoms with Gasteiger partial charge in [0.05, 0.1) is 0 Å². The number of primary amides is 1. The fourth-order valence-electron chi connectivity index (χ4n) is 5.52. The number of amides is 1. The molecule has 0 aromatic rings. The average Bonchev–Trinajstić information content (AvgIpc) is 2.94. The van der Waals surface area contributed by atoms with Crippen LogP contribution in [0.3, 0.4) is 0 Å². The summed E-state index contributed by atoms with van der Waals surface area (Å²) in [7, 11) is 0. The molecular formula is C37H75NO3. The molecule has 0 radical (unpaired) electrons. The monoisotopic (exact) mass is 582 g/mol. The molecule has 1 unspecified atom stereocenters. The minimum absolute atomic E-state index is 0.153. The third kappa shape index (κ3) is 43.5. The number of carbonyl (C=O) groups is 2. The van der Waals surface area contributed by atoms with Crippen molar-refractivity contribution in [2.45, 2.75) is 220 Å². The first-order chi connectivity index (χ1) is 19.9. The van der Waals surface area contributed by atoms with Gasteiger partial charge in [-0.1, -0.05) is 194 Å². The molecule has 0 aromatic carbocycles. The maximum atomic E-state index is 10.6. The Morgan fingerprint density at radius 3 is 1.05 bits per heavy atom. The molecule has 0 fully saturated rings. The third-order valence-electron chi connectivity index (χ3n) is 8.43. The van der Waals surface area contributed by atoms with E-state index in [1.54, 1.807) is 0 Å². The Labute approximate surface area is 257 Å². The van der Waals surface area contributed by atoms with E-state index in [-0.39, 0.29) is 5.91 Å². The van der Waals surface area contributed by atoms with E-state index in [9.17, 15) is 9.59 Å². The van der Waals surface area contributed by atoms with Crippen LogP contribution in [0, 0.1) is 5.92 Å². The van der Waals surface area contributed by atoms with Crippen molar-refractivity contribution in [3.05, 3.63) is 0 Å². The molecule has 0 heterocycles. The molecule has 1 atom stereocenters. The summed E-state index contributed by atoms with van der Waals surface area (Å²) in [5.74, 6) is -0.236. The first-order valence-corrected chi connectivity index (χ1v) is 18.4. The third-order valence-corrected chi connectivity index (χ3v) is 8.43. The molecule has 41 heavy (non-hydrogen) atoms. The number of nitrogens with two attached hydrogens (primary N) is 1. The summed E-state index contributed by atoms with van der Waals surface area (Å²) < 4.78 is 0. The Balaban J connectivity index is 0. The highest BCUT2D eigenvalue weighted by Crippen LogP contribution is 2.17. The van der Waals surface area contributed by atoms with E-state index in [0.29, 0.717) is 18.8 Å². The zero-order chi connectivity index (χ0) is 30.7. The van der Waals surface area contributed by atoms with Crippen LogP contribution >= 0.6 is 0 Å². The molecule has 0 aromatic heterocycles. The quantitative estimate of drug-likeness (QED) is 0.0775. The van der Waals surface area contributed by atoms with Gasteiger partial charge in [0.25, 0.3) is 0 Å². The summed E-state index contributed by atoms with van der Waals surface area (Å²) in [6.07, 6.45) is 39.9. The van der Waals surface area contributed by atoms with Gasteiger partial charge in [0, 0.05) is 12.8 Å². The van der Waals surface area contributed by atoms with Gasteiger partial charge in [0.1, 0.15) is 0 Å². The molecule has 3 N–H and O–H groups in total. The van der Waals surface area contributed by atoms with E-state index < -0.39 is 5.97 Å². The first kappa shape index (κ1) is 42.1. The van der Waals surface area contributed by atoms with Gasteiger partial charge in [0.15, 0.2) is 0 Å². The Bertz CT molecular complexity index is 522. The van der Waals surface area contributed by atoms with E-state index in [1.807, 2.05) is 0 Å². The number of carbonyl (C=O) groups excluding carboxylic acids is 1. The lowest BCUT2D eigenvalue weighted by Gasteiger charge is -2.09. The first-order valence-electron chi connectivity index (χ1n) is 18.4. The number of hydrogen-bond acceptors (Lipinski definition) is 2. The summed E-state index contributed by atoms with van der Waals surface area (Å²) in [5, 5.41) is 8.64. The maximum Gasteiger partial charge on any atom is 0.303 e. The van der Waals surface area contributed by atoms with E-state index in [0.717, 1.165) is 12.8 Å². The smallest absolute Gasteiger partial charge is 0.303 e. The molecule has 0 aliphatic rings. The van der Waals surface area contributed by atoms with Crippen molar-refractivity contribution < 1.29 is 14.7 Å². The summed E-state index contributed by atoms with van der Waals surface area (Å²) in [4.78, 5) is 21.0. The van der Waals surface area contributed by atoms with Crippen LogP contribution in [0.15, 0.2) is 0 Å². The van der Waals surface area contributed by atoms with Gasteiger partial charge in [-0.3, -0.25) is 9.59 Å². The lowest BCUT2D eigenvalue weighted by molar-refractivity contribution is -0.137. The number of rotatable bonds is 32. The topological polar surface area (TPSA) is 80.4 Å². The van der Waals surface area contributed by atoms with E-state index in [4.69, 9.17) is 10.8 Å². The number of carboxylic acid groups (broad SMARTS) is 1. The zero-order valence-electron chi connectivity index (χ0n) is 28.3. The standard InChI is InChI=1S/C19H38O2.C18H37NO/c1-3-4-5-6-7-8-9-10-11-12-13-14-15-18(2)16-17-19(20)21;1-2-3-4-5-6-7-8-9-10-11-12-13-14-15-16-17-18(19)20/h18H,3-17H2,1-2H3,(H,20,21);2-17H2,1H3,(H2,19,20). The van der Waals surface area contributed by atoms with E-state index in [2.05, 4.69) is 20.8 Å². The van der Waals surface area contributed by atoms with Crippen LogP contribution in [0.2, 0.25) is 0 Å². The fraction of sp³-hybridized carbons (Fsp3) is 0.946. The second kappa shape index (κ2) is 37.0. The van der Waals surface area contributed by atoms with Crippen LogP contribution in [0.1, 0.15) is 220 Å². The van der Waals surface area contributed by atoms with Gasteiger partial charge < -0.3 is 10.8 Å². The minimum Gasteiger partial charge on any atom is -0.481 e. The number of unbranched alkanes of at least 4 members (excludes halogenated alkanes) is 25. The van der Waals surface area contributed by atoms with Crippen LogP contribution in [0.4, 0.5) is 0 Å². The Morgan fingerprint density at radius 1 is 0.463 bits per heavy atom. The summed E-state index contributed by atoms with van der Waals surface area (Å²) in [6, 6.07) is 0. The molecule has 4 nitrogen and oxygen atoms in total. The number of hydrogen-bond donors (Lipinski definition) is 2. The molecule has 1 amide bonds. The van der Waals surface area contributed by atoms with Crippen molar-refractivity contribution in [2.24, 2.45) is 11.7 Å². The summed E-state index contributed by atoms with van der Waals surface area (Å²) >= 11 is 0. The Kier molecular flexibility index (Phi) is 37.9. The molecule has 0 aliphatic carbocycles. The highest BCUT2D eigenvalue weighted by molar-refractivity contribution is 5.73. The van der Waals surface area contributed by atoms with Crippen molar-refractivity contribution >= 4 is 11.9 Å². The second-order valence-electron chi connectivity index (χ2n) is 12.9. The zero-order valence-corrected chi connectivity index (χ0v) is 28.3. The van der Waals surface area contributed by atoms with Gasteiger partial charge >= 0.3 is 5.97 Å². The summed E-state index contributed by atoms with van der Waals surface area (Å²) in [5.41, 5.74) is 5.11. The van der Waals surface area contributed by atoms with Gasteiger partial charge in [0.2, 0.25) is 5.91 Å². The molecule has 0 saturated heterocycles. The predicted molar refractivity (Wildman–Crippen MR) is 180 cm³/mol. The molecule has 0 rings (SSSR count). The molecule has 0 saturated carbocycles. The minimum atomic E-state index is -0.656. The largest absolute Gasteiger partial charge is 0.481 e. The Hall–Kier alpha value is -1.06. The maximum absolute atomic E-state index is 10.6. The molecule has 0 bridgehead atoms. The van der Waals surface area contributed by atoms with Crippen molar-refractivity contribution in [1.29, 1.82) is 0 Å². The van der Waals surface area contributed by atoms with Gasteiger partial charge in [-0.05, 0) is 18.8 Å². The molecule has 4 heteroatoms. The van der Waals surface area contributed by atoms with Crippen molar-refractivity contribution in [2.75, 3.05) is 0 Å². The molecular weight excluding hydrogens is 506 g/mol. The van der Waals surface area contributed by atoms with Crippen LogP contribution in [-0.4, -0.2) is 17.0 Å². The Morgan fingerprint density at radius 2 is 0.756 bits per heavy atom. The normalized spacial score (nSPS) is 11.7. The highest BCUT2D eigenvalue weighted by Gasteiger charge is 2.05. The number of aliphatic carboxylic acids is 1. The molecule has 0 aliphatic heterocycles. The van der Waals surface area contributed by atoms with Gasteiger partial charge in [-0.2, -0.15) is 0 Å². The molecule has 0 spiro atoms. The highest BCUT2D eigenvalue weighted by atomic mass is 16.4.